The van der Waals surface area contributed by atoms with Gasteiger partial charge in [0.05, 0.1) is 24.1 Å². The molecular weight excluding hydrogens is 222 g/mol. The van der Waals surface area contributed by atoms with Crippen molar-refractivity contribution < 1.29 is 8.78 Å². The fourth-order valence-corrected chi connectivity index (χ4v) is 1.64. The number of nitrogens with one attached hydrogen (secondary N) is 1. The van der Waals surface area contributed by atoms with E-state index in [1.54, 1.807) is 18.2 Å². The van der Waals surface area contributed by atoms with Crippen molar-refractivity contribution in [2.24, 2.45) is 0 Å². The van der Waals surface area contributed by atoms with E-state index < -0.39 is 5.82 Å². The van der Waals surface area contributed by atoms with Gasteiger partial charge in [0.2, 0.25) is 0 Å². The van der Waals surface area contributed by atoms with Crippen molar-refractivity contribution in [3.63, 3.8) is 0 Å². The second-order valence-corrected chi connectivity index (χ2v) is 3.78. The van der Waals surface area contributed by atoms with Crippen LogP contribution < -0.4 is 5.32 Å². The number of hydrogen-bond donors (Lipinski definition) is 1. The third kappa shape index (κ3) is 2.78. The fraction of sp³-hybridized carbons (Fsp3) is 0.154. The minimum atomic E-state index is -0.421. The maximum atomic E-state index is 13.5. The number of rotatable bonds is 3. The average molecular weight is 234 g/mol. The zero-order valence-electron chi connectivity index (χ0n) is 9.32. The normalized spacial score (nSPS) is 12.2. The highest BCUT2D eigenvalue weighted by Gasteiger charge is 2.10. The van der Waals surface area contributed by atoms with Gasteiger partial charge in [-0.2, -0.15) is 0 Å². The molecule has 0 amide bonds. The summed E-state index contributed by atoms with van der Waals surface area (Å²) in [6.45, 7) is 1.81. The van der Waals surface area contributed by atoms with Crippen LogP contribution in [0.2, 0.25) is 0 Å². The molecule has 0 radical (unpaired) electrons. The van der Waals surface area contributed by atoms with Crippen LogP contribution in [0.4, 0.5) is 14.5 Å². The van der Waals surface area contributed by atoms with Crippen LogP contribution in [-0.4, -0.2) is 4.98 Å². The summed E-state index contributed by atoms with van der Waals surface area (Å²) < 4.78 is 26.4. The molecule has 2 nitrogen and oxygen atoms in total. The molecule has 2 rings (SSSR count). The van der Waals surface area contributed by atoms with Crippen LogP contribution in [0.3, 0.4) is 0 Å². The van der Waals surface area contributed by atoms with E-state index >= 15 is 0 Å². The molecule has 1 N–H and O–H groups in total. The third-order valence-corrected chi connectivity index (χ3v) is 2.46. The van der Waals surface area contributed by atoms with Crippen molar-refractivity contribution in [2.75, 3.05) is 5.32 Å². The second-order valence-electron chi connectivity index (χ2n) is 3.78. The van der Waals surface area contributed by atoms with Gasteiger partial charge >= 0.3 is 0 Å². The highest BCUT2D eigenvalue weighted by atomic mass is 19.1. The molecule has 4 heteroatoms. The van der Waals surface area contributed by atoms with Crippen molar-refractivity contribution in [3.8, 4) is 0 Å². The molecule has 0 aliphatic rings. The molecule has 0 aliphatic carbocycles. The van der Waals surface area contributed by atoms with Gasteiger partial charge in [-0.1, -0.05) is 18.2 Å². The number of nitrogens with zero attached hydrogens (tertiary/aromatic N) is 1. The van der Waals surface area contributed by atoms with Crippen LogP contribution in [0, 0.1) is 11.6 Å². The van der Waals surface area contributed by atoms with Gasteiger partial charge in [-0.05, 0) is 13.0 Å². The molecule has 1 aromatic carbocycles. The zero-order valence-corrected chi connectivity index (χ0v) is 9.32. The van der Waals surface area contributed by atoms with E-state index in [2.05, 4.69) is 10.3 Å². The molecule has 0 fully saturated rings. The van der Waals surface area contributed by atoms with E-state index in [4.69, 9.17) is 0 Å². The van der Waals surface area contributed by atoms with Crippen LogP contribution in [0.1, 0.15) is 18.5 Å². The summed E-state index contributed by atoms with van der Waals surface area (Å²) in [7, 11) is 0. The number of halogens is 2. The Bertz CT molecular complexity index is 514. The predicted molar refractivity (Wildman–Crippen MR) is 62.6 cm³/mol. The minimum absolute atomic E-state index is 0.250. The summed E-state index contributed by atoms with van der Waals surface area (Å²) in [5.74, 6) is -0.701. The summed E-state index contributed by atoms with van der Waals surface area (Å²) in [6, 6.07) is 7.57. The summed E-state index contributed by atoms with van der Waals surface area (Å²) in [6.07, 6.45) is 2.62. The second kappa shape index (κ2) is 4.91. The van der Waals surface area contributed by atoms with Crippen molar-refractivity contribution in [2.45, 2.75) is 13.0 Å². The molecule has 0 saturated heterocycles. The van der Waals surface area contributed by atoms with Crippen LogP contribution in [-0.2, 0) is 0 Å². The van der Waals surface area contributed by atoms with Crippen LogP contribution >= 0.6 is 0 Å². The number of aromatic nitrogens is 1. The van der Waals surface area contributed by atoms with Crippen molar-refractivity contribution >= 4 is 5.69 Å². The summed E-state index contributed by atoms with van der Waals surface area (Å²) in [5, 5.41) is 3.00. The minimum Gasteiger partial charge on any atom is -0.377 e. The molecule has 17 heavy (non-hydrogen) atoms. The maximum absolute atomic E-state index is 13.5. The number of pyridine rings is 1. The maximum Gasteiger partial charge on any atom is 0.143 e. The Balaban J connectivity index is 2.17. The van der Waals surface area contributed by atoms with E-state index in [9.17, 15) is 8.78 Å². The standard InChI is InChI=1S/C13H12F2N2/c1-9(12-4-2-3-5-13(12)15)17-11-6-10(14)7-16-8-11/h2-9,17H,1H3. The van der Waals surface area contributed by atoms with Gasteiger partial charge in [0.25, 0.3) is 0 Å². The van der Waals surface area contributed by atoms with E-state index in [0.29, 0.717) is 11.3 Å². The number of hydrogen-bond acceptors (Lipinski definition) is 2. The molecule has 0 aliphatic heterocycles. The van der Waals surface area contributed by atoms with E-state index in [0.717, 1.165) is 6.20 Å². The Morgan fingerprint density at radius 3 is 2.65 bits per heavy atom. The predicted octanol–water partition coefficient (Wildman–Crippen LogP) is 3.53. The van der Waals surface area contributed by atoms with Crippen molar-refractivity contribution in [1.82, 2.24) is 4.98 Å². The molecule has 0 saturated carbocycles. The first-order chi connectivity index (χ1) is 8.16. The lowest BCUT2D eigenvalue weighted by molar-refractivity contribution is 0.599. The molecule has 1 aromatic heterocycles. The Hall–Kier alpha value is -1.97. The first-order valence-corrected chi connectivity index (χ1v) is 5.28. The lowest BCUT2D eigenvalue weighted by Crippen LogP contribution is -2.08. The monoisotopic (exact) mass is 234 g/mol. The molecule has 2 aromatic rings. The van der Waals surface area contributed by atoms with E-state index in [1.165, 1.54) is 18.3 Å². The molecule has 1 heterocycles. The lowest BCUT2D eigenvalue weighted by atomic mass is 10.1. The van der Waals surface area contributed by atoms with Crippen molar-refractivity contribution in [3.05, 3.63) is 59.9 Å². The van der Waals surface area contributed by atoms with Gasteiger partial charge < -0.3 is 5.32 Å². The summed E-state index contributed by atoms with van der Waals surface area (Å²) >= 11 is 0. The molecule has 1 atom stereocenters. The number of benzene rings is 1. The highest BCUT2D eigenvalue weighted by Crippen LogP contribution is 2.21. The first-order valence-electron chi connectivity index (χ1n) is 5.28. The van der Waals surface area contributed by atoms with Crippen LogP contribution in [0.5, 0.6) is 0 Å². The molecular formula is C13H12F2N2. The van der Waals surface area contributed by atoms with Gasteiger partial charge in [0, 0.05) is 11.6 Å². The average Bonchev–Trinajstić information content (AvgIpc) is 2.29. The molecule has 0 spiro atoms. The SMILES string of the molecule is CC(Nc1cncc(F)c1)c1ccccc1F. The largest absolute Gasteiger partial charge is 0.377 e. The highest BCUT2D eigenvalue weighted by molar-refractivity contribution is 5.43. The van der Waals surface area contributed by atoms with Gasteiger partial charge in [-0.3, -0.25) is 4.98 Å². The van der Waals surface area contributed by atoms with Gasteiger partial charge in [0.1, 0.15) is 11.6 Å². The third-order valence-electron chi connectivity index (χ3n) is 2.46. The molecule has 88 valence electrons. The molecule has 1 unspecified atom stereocenters. The van der Waals surface area contributed by atoms with E-state index in [-0.39, 0.29) is 11.9 Å². The topological polar surface area (TPSA) is 24.9 Å². The first kappa shape index (κ1) is 11.5. The Morgan fingerprint density at radius 1 is 1.18 bits per heavy atom. The summed E-state index contributed by atoms with van der Waals surface area (Å²) in [5.41, 5.74) is 1.07. The molecule has 0 bridgehead atoms. The Kier molecular flexibility index (Phi) is 3.32. The summed E-state index contributed by atoms with van der Waals surface area (Å²) in [4.78, 5) is 3.72. The van der Waals surface area contributed by atoms with Gasteiger partial charge in [0.15, 0.2) is 0 Å². The van der Waals surface area contributed by atoms with E-state index in [1.807, 2.05) is 6.92 Å². The lowest BCUT2D eigenvalue weighted by Gasteiger charge is -2.15. The van der Waals surface area contributed by atoms with Crippen LogP contribution in [0.15, 0.2) is 42.7 Å². The number of anilines is 1. The Morgan fingerprint density at radius 2 is 1.94 bits per heavy atom. The van der Waals surface area contributed by atoms with Crippen molar-refractivity contribution in [1.29, 1.82) is 0 Å². The quantitative estimate of drug-likeness (QED) is 0.878. The zero-order chi connectivity index (χ0) is 12.3. The van der Waals surface area contributed by atoms with Gasteiger partial charge in [-0.25, -0.2) is 8.78 Å². The Labute approximate surface area is 98.3 Å². The van der Waals surface area contributed by atoms with Crippen LogP contribution in [0.25, 0.3) is 0 Å². The van der Waals surface area contributed by atoms with Gasteiger partial charge in [-0.15, -0.1) is 0 Å². The smallest absolute Gasteiger partial charge is 0.143 e. The fourth-order valence-electron chi connectivity index (χ4n) is 1.64.